The van der Waals surface area contributed by atoms with E-state index in [1.807, 2.05) is 13.8 Å². The second kappa shape index (κ2) is 8.05. The molecule has 1 heterocycles. The summed E-state index contributed by atoms with van der Waals surface area (Å²) in [6, 6.07) is 8.33. The van der Waals surface area contributed by atoms with Crippen molar-refractivity contribution >= 4 is 23.4 Å². The maximum atomic E-state index is 12.2. The van der Waals surface area contributed by atoms with Crippen molar-refractivity contribution in [2.75, 3.05) is 17.2 Å². The van der Waals surface area contributed by atoms with Crippen LogP contribution in [0, 0.1) is 12.8 Å². The maximum Gasteiger partial charge on any atom is 0.411 e. The minimum Gasteiger partial charge on any atom is -0.449 e. The number of ether oxygens (including phenoxy) is 1. The molecule has 7 nitrogen and oxygen atoms in total. The van der Waals surface area contributed by atoms with Gasteiger partial charge in [-0.05, 0) is 37.1 Å². The fourth-order valence-electron chi connectivity index (χ4n) is 1.85. The van der Waals surface area contributed by atoms with Gasteiger partial charge in [-0.1, -0.05) is 19.9 Å². The van der Waals surface area contributed by atoms with Gasteiger partial charge in [0, 0.05) is 17.6 Å². The molecule has 7 heteroatoms. The van der Waals surface area contributed by atoms with Crippen LogP contribution in [0.4, 0.5) is 16.2 Å². The van der Waals surface area contributed by atoms with Crippen molar-refractivity contribution in [3.63, 3.8) is 0 Å². The first kappa shape index (κ1) is 17.4. The third kappa shape index (κ3) is 5.35. The molecule has 2 N–H and O–H groups in total. The van der Waals surface area contributed by atoms with Gasteiger partial charge in [-0.2, -0.15) is 0 Å². The molecule has 24 heavy (non-hydrogen) atoms. The number of anilines is 2. The van der Waals surface area contributed by atoms with E-state index in [2.05, 4.69) is 20.6 Å². The molecule has 0 atom stereocenters. The van der Waals surface area contributed by atoms with Gasteiger partial charge in [0.1, 0.15) is 11.5 Å². The molecule has 0 unspecified atom stereocenters. The number of carbonyl (C=O) groups excluding carboxylic acids is 2. The zero-order chi connectivity index (χ0) is 17.5. The first-order valence-electron chi connectivity index (χ1n) is 7.59. The highest BCUT2D eigenvalue weighted by atomic mass is 16.5. The van der Waals surface area contributed by atoms with E-state index in [4.69, 9.17) is 4.74 Å². The summed E-state index contributed by atoms with van der Waals surface area (Å²) in [5.74, 6) is 0.434. The van der Waals surface area contributed by atoms with E-state index >= 15 is 0 Å². The predicted octanol–water partition coefficient (Wildman–Crippen LogP) is 3.24. The highest BCUT2D eigenvalue weighted by Gasteiger charge is 2.09. The normalized spacial score (nSPS) is 10.3. The van der Waals surface area contributed by atoms with Gasteiger partial charge in [0.2, 0.25) is 0 Å². The largest absolute Gasteiger partial charge is 0.449 e. The van der Waals surface area contributed by atoms with Crippen LogP contribution in [0.3, 0.4) is 0 Å². The fraction of sp³-hybridized carbons (Fsp3) is 0.294. The molecule has 0 aliphatic rings. The smallest absolute Gasteiger partial charge is 0.411 e. The molecule has 126 valence electrons. The Morgan fingerprint density at radius 2 is 1.88 bits per heavy atom. The van der Waals surface area contributed by atoms with Crippen LogP contribution in [0.15, 0.2) is 36.5 Å². The van der Waals surface area contributed by atoms with Gasteiger partial charge in [-0.3, -0.25) is 10.1 Å². The van der Waals surface area contributed by atoms with Crippen LogP contribution in [0.25, 0.3) is 0 Å². The average molecular weight is 328 g/mol. The first-order valence-corrected chi connectivity index (χ1v) is 7.59. The summed E-state index contributed by atoms with van der Waals surface area (Å²) >= 11 is 0. The topological polar surface area (TPSA) is 93.2 Å². The van der Waals surface area contributed by atoms with E-state index in [0.717, 1.165) is 0 Å². The molecule has 0 spiro atoms. The molecule has 0 radical (unpaired) electrons. The minimum absolute atomic E-state index is 0.262. The average Bonchev–Trinajstić information content (AvgIpc) is 2.53. The third-order valence-electron chi connectivity index (χ3n) is 2.92. The molecule has 0 aliphatic carbocycles. The van der Waals surface area contributed by atoms with Gasteiger partial charge < -0.3 is 10.1 Å². The van der Waals surface area contributed by atoms with E-state index in [-0.39, 0.29) is 17.5 Å². The third-order valence-corrected chi connectivity index (χ3v) is 2.92. The van der Waals surface area contributed by atoms with E-state index in [0.29, 0.717) is 23.8 Å². The number of nitrogens with one attached hydrogen (secondary N) is 2. The Morgan fingerprint density at radius 3 is 2.54 bits per heavy atom. The lowest BCUT2D eigenvalue weighted by Gasteiger charge is -2.10. The summed E-state index contributed by atoms with van der Waals surface area (Å²) in [5.41, 5.74) is 1.34. The lowest BCUT2D eigenvalue weighted by Crippen LogP contribution is -2.17. The number of hydrogen-bond donors (Lipinski definition) is 2. The van der Waals surface area contributed by atoms with Crippen LogP contribution in [0.1, 0.15) is 30.2 Å². The van der Waals surface area contributed by atoms with Gasteiger partial charge in [-0.15, -0.1) is 0 Å². The molecule has 0 bridgehead atoms. The molecule has 0 aliphatic heterocycles. The van der Waals surface area contributed by atoms with Crippen LogP contribution < -0.4 is 10.6 Å². The monoisotopic (exact) mass is 328 g/mol. The number of nitrogens with zero attached hydrogens (tertiary/aromatic N) is 2. The lowest BCUT2D eigenvalue weighted by molar-refractivity contribution is 0.102. The number of aromatic nitrogens is 2. The zero-order valence-electron chi connectivity index (χ0n) is 13.9. The van der Waals surface area contributed by atoms with Crippen molar-refractivity contribution in [1.29, 1.82) is 0 Å². The number of carbonyl (C=O) groups is 2. The molecular formula is C17H20N4O3. The van der Waals surface area contributed by atoms with Gasteiger partial charge in [0.15, 0.2) is 0 Å². The Balaban J connectivity index is 1.99. The van der Waals surface area contributed by atoms with Crippen molar-refractivity contribution in [1.82, 2.24) is 9.97 Å². The summed E-state index contributed by atoms with van der Waals surface area (Å²) in [6.45, 7) is 5.97. The van der Waals surface area contributed by atoms with Crippen molar-refractivity contribution < 1.29 is 14.3 Å². The molecule has 1 aromatic carbocycles. The highest BCUT2D eigenvalue weighted by molar-refractivity contribution is 6.03. The summed E-state index contributed by atoms with van der Waals surface area (Å²) in [6.07, 6.45) is 0.999. The molecule has 0 saturated carbocycles. The Morgan fingerprint density at radius 1 is 1.17 bits per heavy atom. The van der Waals surface area contributed by atoms with Crippen molar-refractivity contribution in [2.45, 2.75) is 20.8 Å². The van der Waals surface area contributed by atoms with Crippen LogP contribution >= 0.6 is 0 Å². The zero-order valence-corrected chi connectivity index (χ0v) is 13.9. The Hall–Kier alpha value is -2.96. The van der Waals surface area contributed by atoms with Crippen LogP contribution in [-0.4, -0.2) is 28.6 Å². The molecule has 1 aromatic heterocycles. The van der Waals surface area contributed by atoms with E-state index in [1.165, 1.54) is 12.3 Å². The molecular weight excluding hydrogens is 308 g/mol. The second-order valence-corrected chi connectivity index (χ2v) is 5.64. The predicted molar refractivity (Wildman–Crippen MR) is 91.0 cm³/mol. The lowest BCUT2D eigenvalue weighted by atomic mass is 10.2. The van der Waals surface area contributed by atoms with Gasteiger partial charge in [0.25, 0.3) is 5.91 Å². The Labute approximate surface area is 140 Å². The van der Waals surface area contributed by atoms with Crippen LogP contribution in [0.2, 0.25) is 0 Å². The summed E-state index contributed by atoms with van der Waals surface area (Å²) in [5, 5.41) is 5.35. The van der Waals surface area contributed by atoms with Crippen molar-refractivity contribution in [3.8, 4) is 0 Å². The number of aryl methyl sites for hydroxylation is 1. The van der Waals surface area contributed by atoms with Gasteiger partial charge >= 0.3 is 6.09 Å². The van der Waals surface area contributed by atoms with E-state index in [9.17, 15) is 9.59 Å². The minimum atomic E-state index is -0.529. The number of hydrogen-bond acceptors (Lipinski definition) is 5. The highest BCUT2D eigenvalue weighted by Crippen LogP contribution is 2.16. The molecule has 0 fully saturated rings. The molecule has 2 aromatic rings. The van der Waals surface area contributed by atoms with E-state index < -0.39 is 6.09 Å². The summed E-state index contributed by atoms with van der Waals surface area (Å²) in [7, 11) is 0. The number of benzene rings is 1. The Kier molecular flexibility index (Phi) is 5.83. The maximum absolute atomic E-state index is 12.2. The first-order chi connectivity index (χ1) is 11.4. The SMILES string of the molecule is Cc1nccc(C(=O)Nc2cccc(NC(=O)OCC(C)C)c2)n1. The van der Waals surface area contributed by atoms with Gasteiger partial charge in [0.05, 0.1) is 6.61 Å². The van der Waals surface area contributed by atoms with Crippen molar-refractivity contribution in [2.24, 2.45) is 5.92 Å². The van der Waals surface area contributed by atoms with Gasteiger partial charge in [-0.25, -0.2) is 14.8 Å². The summed E-state index contributed by atoms with van der Waals surface area (Å²) < 4.78 is 5.06. The number of rotatable bonds is 5. The molecule has 2 rings (SSSR count). The summed E-state index contributed by atoms with van der Waals surface area (Å²) in [4.78, 5) is 31.9. The van der Waals surface area contributed by atoms with Crippen molar-refractivity contribution in [3.05, 3.63) is 48.0 Å². The van der Waals surface area contributed by atoms with E-state index in [1.54, 1.807) is 31.2 Å². The standard InChI is InChI=1S/C17H20N4O3/c1-11(2)10-24-17(23)21-14-6-4-5-13(9-14)20-16(22)15-7-8-18-12(3)19-15/h4-9,11H,10H2,1-3H3,(H,20,22)(H,21,23). The molecule has 0 saturated heterocycles. The second-order valence-electron chi connectivity index (χ2n) is 5.64. The quantitative estimate of drug-likeness (QED) is 0.879. The van der Waals surface area contributed by atoms with Crippen LogP contribution in [0.5, 0.6) is 0 Å². The number of amides is 2. The fourth-order valence-corrected chi connectivity index (χ4v) is 1.85. The Bertz CT molecular complexity index is 731. The molecule has 2 amide bonds. The van der Waals surface area contributed by atoms with Crippen LogP contribution in [-0.2, 0) is 4.74 Å².